The number of urea groups is 1. The number of benzene rings is 2. The molecule has 0 radical (unpaired) electrons. The summed E-state index contributed by atoms with van der Waals surface area (Å²) in [5.41, 5.74) is 0.429. The van der Waals surface area contributed by atoms with Crippen LogP contribution in [0.4, 0.5) is 4.79 Å². The van der Waals surface area contributed by atoms with Gasteiger partial charge in [0.1, 0.15) is 5.54 Å². The molecule has 7 nitrogen and oxygen atoms in total. The average molecular weight is 408 g/mol. The highest BCUT2D eigenvalue weighted by Crippen LogP contribution is 2.31. The maximum absolute atomic E-state index is 12.9. The number of ketones is 1. The van der Waals surface area contributed by atoms with Crippen molar-refractivity contribution in [2.75, 3.05) is 19.8 Å². The maximum atomic E-state index is 12.9. The quantitative estimate of drug-likeness (QED) is 0.587. The Hall–Kier alpha value is -3.35. The van der Waals surface area contributed by atoms with Gasteiger partial charge in [-0.15, -0.1) is 0 Å². The Morgan fingerprint density at radius 3 is 2.57 bits per heavy atom. The van der Waals surface area contributed by atoms with Crippen LogP contribution in [-0.2, 0) is 11.2 Å². The molecule has 1 fully saturated rings. The Labute approximate surface area is 175 Å². The van der Waals surface area contributed by atoms with Crippen molar-refractivity contribution in [3.8, 4) is 11.5 Å². The first-order valence-electron chi connectivity index (χ1n) is 10.1. The number of aryl methyl sites for hydroxylation is 1. The van der Waals surface area contributed by atoms with Crippen molar-refractivity contribution in [1.29, 1.82) is 0 Å². The molecule has 2 aliphatic rings. The molecule has 1 unspecified atom stereocenters. The second-order valence-electron chi connectivity index (χ2n) is 7.77. The summed E-state index contributed by atoms with van der Waals surface area (Å²) >= 11 is 0. The van der Waals surface area contributed by atoms with E-state index in [-0.39, 0.29) is 18.2 Å². The van der Waals surface area contributed by atoms with Gasteiger partial charge in [0.25, 0.3) is 5.91 Å². The third-order valence-electron chi connectivity index (χ3n) is 5.47. The van der Waals surface area contributed by atoms with Crippen molar-refractivity contribution in [1.82, 2.24) is 10.2 Å². The second-order valence-corrected chi connectivity index (χ2v) is 7.77. The molecule has 2 aliphatic heterocycles. The molecular weight excluding hydrogens is 384 g/mol. The van der Waals surface area contributed by atoms with Crippen molar-refractivity contribution >= 4 is 17.7 Å². The molecule has 1 N–H and O–H groups in total. The summed E-state index contributed by atoms with van der Waals surface area (Å²) in [6, 6.07) is 14.1. The summed E-state index contributed by atoms with van der Waals surface area (Å²) in [6.45, 7) is 2.46. The predicted molar refractivity (Wildman–Crippen MR) is 110 cm³/mol. The van der Waals surface area contributed by atoms with Crippen LogP contribution in [0.15, 0.2) is 48.5 Å². The number of Topliss-reactive ketones (excluding diaryl/α,β-unsaturated/α-hetero) is 1. The van der Waals surface area contributed by atoms with E-state index in [4.69, 9.17) is 9.47 Å². The fraction of sp³-hybridized carbons (Fsp3) is 0.348. The molecule has 0 spiro atoms. The number of hydrogen-bond donors (Lipinski definition) is 1. The standard InChI is InChI=1S/C23H24N2O5/c1-23(11-10-16-6-3-2-4-7-16)21(27)25(22(28)24-23)15-18(26)17-8-9-19-20(14-17)30-13-5-12-29-19/h2-4,6-9,14H,5,10-13,15H2,1H3,(H,24,28). The minimum Gasteiger partial charge on any atom is -0.490 e. The Morgan fingerprint density at radius 1 is 1.07 bits per heavy atom. The van der Waals surface area contributed by atoms with Crippen molar-refractivity contribution in [3.05, 3.63) is 59.7 Å². The fourth-order valence-corrected chi connectivity index (χ4v) is 3.67. The normalized spacial score (nSPS) is 20.6. The molecule has 2 aromatic carbocycles. The van der Waals surface area contributed by atoms with Gasteiger partial charge in [0.15, 0.2) is 17.3 Å². The third kappa shape index (κ3) is 4.01. The summed E-state index contributed by atoms with van der Waals surface area (Å²) in [7, 11) is 0. The third-order valence-corrected chi connectivity index (χ3v) is 5.47. The van der Waals surface area contributed by atoms with Gasteiger partial charge < -0.3 is 14.8 Å². The van der Waals surface area contributed by atoms with Gasteiger partial charge in [-0.3, -0.25) is 14.5 Å². The summed E-state index contributed by atoms with van der Waals surface area (Å²) in [6.07, 6.45) is 1.87. The number of nitrogens with zero attached hydrogens (tertiary/aromatic N) is 1. The number of carbonyl (C=O) groups excluding carboxylic acids is 3. The highest BCUT2D eigenvalue weighted by atomic mass is 16.5. The van der Waals surface area contributed by atoms with E-state index < -0.39 is 11.6 Å². The van der Waals surface area contributed by atoms with Crippen LogP contribution in [0, 0.1) is 0 Å². The van der Waals surface area contributed by atoms with Gasteiger partial charge in [-0.05, 0) is 43.5 Å². The number of amides is 3. The molecule has 0 saturated carbocycles. The van der Waals surface area contributed by atoms with E-state index in [2.05, 4.69) is 5.32 Å². The highest BCUT2D eigenvalue weighted by Gasteiger charge is 2.47. The molecule has 7 heteroatoms. The van der Waals surface area contributed by atoms with Crippen LogP contribution in [0.3, 0.4) is 0 Å². The van der Waals surface area contributed by atoms with Crippen molar-refractivity contribution in [3.63, 3.8) is 0 Å². The lowest BCUT2D eigenvalue weighted by Crippen LogP contribution is -2.44. The molecule has 0 bridgehead atoms. The van der Waals surface area contributed by atoms with Gasteiger partial charge >= 0.3 is 6.03 Å². The lowest BCUT2D eigenvalue weighted by molar-refractivity contribution is -0.130. The zero-order valence-electron chi connectivity index (χ0n) is 16.8. The van der Waals surface area contributed by atoms with E-state index in [1.165, 1.54) is 0 Å². The summed E-state index contributed by atoms with van der Waals surface area (Å²) < 4.78 is 11.2. The molecule has 30 heavy (non-hydrogen) atoms. The van der Waals surface area contributed by atoms with Gasteiger partial charge in [-0.25, -0.2) is 4.79 Å². The Bertz CT molecular complexity index is 975. The number of ether oxygens (including phenoxy) is 2. The SMILES string of the molecule is CC1(CCc2ccccc2)NC(=O)N(CC(=O)c2ccc3c(c2)OCCCO3)C1=O. The van der Waals surface area contributed by atoms with E-state index in [9.17, 15) is 14.4 Å². The van der Waals surface area contributed by atoms with Crippen LogP contribution < -0.4 is 14.8 Å². The molecule has 2 heterocycles. The molecule has 2 aromatic rings. The van der Waals surface area contributed by atoms with Gasteiger partial charge in [0.05, 0.1) is 19.8 Å². The molecular formula is C23H24N2O5. The zero-order chi connectivity index (χ0) is 21.1. The lowest BCUT2D eigenvalue weighted by Gasteiger charge is -2.21. The summed E-state index contributed by atoms with van der Waals surface area (Å²) in [5.74, 6) is 0.378. The highest BCUT2D eigenvalue weighted by molar-refractivity contribution is 6.11. The minimum absolute atomic E-state index is 0.314. The van der Waals surface area contributed by atoms with Crippen LogP contribution in [0.2, 0.25) is 0 Å². The van der Waals surface area contributed by atoms with Crippen LogP contribution in [0.25, 0.3) is 0 Å². The van der Waals surface area contributed by atoms with Crippen LogP contribution >= 0.6 is 0 Å². The zero-order valence-corrected chi connectivity index (χ0v) is 16.8. The van der Waals surface area contributed by atoms with Crippen molar-refractivity contribution < 1.29 is 23.9 Å². The largest absolute Gasteiger partial charge is 0.490 e. The second kappa shape index (κ2) is 8.18. The molecule has 3 amide bonds. The number of fused-ring (bicyclic) bond motifs is 1. The van der Waals surface area contributed by atoms with E-state index in [1.54, 1.807) is 25.1 Å². The number of carbonyl (C=O) groups is 3. The molecule has 156 valence electrons. The fourth-order valence-electron chi connectivity index (χ4n) is 3.67. The van der Waals surface area contributed by atoms with Crippen LogP contribution in [0.5, 0.6) is 11.5 Å². The first-order valence-corrected chi connectivity index (χ1v) is 10.1. The summed E-state index contributed by atoms with van der Waals surface area (Å²) in [4.78, 5) is 39.2. The molecule has 1 saturated heterocycles. The molecule has 1 atom stereocenters. The maximum Gasteiger partial charge on any atom is 0.325 e. The molecule has 0 aromatic heterocycles. The van der Waals surface area contributed by atoms with Crippen molar-refractivity contribution in [2.45, 2.75) is 31.7 Å². The Morgan fingerprint density at radius 2 is 1.80 bits per heavy atom. The summed E-state index contributed by atoms with van der Waals surface area (Å²) in [5, 5.41) is 2.76. The van der Waals surface area contributed by atoms with Crippen molar-refractivity contribution in [2.24, 2.45) is 0 Å². The Kier molecular flexibility index (Phi) is 5.44. The topological polar surface area (TPSA) is 84.9 Å². The van der Waals surface area contributed by atoms with E-state index in [0.717, 1.165) is 16.9 Å². The van der Waals surface area contributed by atoms with E-state index >= 15 is 0 Å². The lowest BCUT2D eigenvalue weighted by atomic mass is 9.93. The number of nitrogens with one attached hydrogen (secondary N) is 1. The Balaban J connectivity index is 1.44. The minimum atomic E-state index is -1.03. The first-order chi connectivity index (χ1) is 14.5. The van der Waals surface area contributed by atoms with Gasteiger partial charge in [-0.1, -0.05) is 30.3 Å². The number of hydrogen-bond acceptors (Lipinski definition) is 5. The van der Waals surface area contributed by atoms with Gasteiger partial charge in [-0.2, -0.15) is 0 Å². The number of imide groups is 1. The average Bonchev–Trinajstić information content (AvgIpc) is 2.92. The number of rotatable bonds is 6. The molecule has 4 rings (SSSR count). The van der Waals surface area contributed by atoms with Gasteiger partial charge in [0, 0.05) is 12.0 Å². The molecule has 0 aliphatic carbocycles. The van der Waals surface area contributed by atoms with Gasteiger partial charge in [0.2, 0.25) is 0 Å². The van der Waals surface area contributed by atoms with Crippen LogP contribution in [-0.4, -0.2) is 47.9 Å². The van der Waals surface area contributed by atoms with E-state index in [1.807, 2.05) is 30.3 Å². The van der Waals surface area contributed by atoms with Crippen LogP contribution in [0.1, 0.15) is 35.7 Å². The van der Waals surface area contributed by atoms with E-state index in [0.29, 0.717) is 43.1 Å². The monoisotopic (exact) mass is 408 g/mol. The predicted octanol–water partition coefficient (Wildman–Crippen LogP) is 2.97. The smallest absolute Gasteiger partial charge is 0.325 e. The first kappa shape index (κ1) is 19.9.